The van der Waals surface area contributed by atoms with Gasteiger partial charge in [0.15, 0.2) is 5.78 Å². The van der Waals surface area contributed by atoms with Crippen LogP contribution in [-0.4, -0.2) is 28.1 Å². The van der Waals surface area contributed by atoms with Crippen LogP contribution >= 0.6 is 11.3 Å². The summed E-state index contributed by atoms with van der Waals surface area (Å²) in [6.45, 7) is 2.67. The number of aromatic nitrogens is 2. The zero-order chi connectivity index (χ0) is 19.1. The van der Waals surface area contributed by atoms with Crippen molar-refractivity contribution in [1.29, 1.82) is 0 Å². The highest BCUT2D eigenvalue weighted by Crippen LogP contribution is 2.33. The molecule has 0 amide bonds. The van der Waals surface area contributed by atoms with Crippen molar-refractivity contribution in [3.05, 3.63) is 46.5 Å². The molecule has 0 unspecified atom stereocenters. The smallest absolute Gasteiger partial charge is 0.416 e. The number of ether oxygens (including phenoxy) is 1. The Morgan fingerprint density at radius 3 is 2.65 bits per heavy atom. The van der Waals surface area contributed by atoms with Crippen molar-refractivity contribution in [1.82, 2.24) is 9.78 Å². The summed E-state index contributed by atoms with van der Waals surface area (Å²) in [5, 5.41) is 4.91. The number of benzene rings is 1. The number of ketones is 1. The predicted molar refractivity (Wildman–Crippen MR) is 89.6 cm³/mol. The Morgan fingerprint density at radius 1 is 1.27 bits per heavy atom. The van der Waals surface area contributed by atoms with E-state index in [0.29, 0.717) is 15.9 Å². The molecular formula is C17H13F3N2O3S. The lowest BCUT2D eigenvalue weighted by atomic mass is 10.2. The second kappa shape index (κ2) is 6.56. The minimum absolute atomic E-state index is 0.239. The minimum Gasteiger partial charge on any atom is -0.454 e. The molecule has 0 aliphatic rings. The number of carbonyl (C=O) groups excluding carboxylic acids is 2. The molecule has 0 saturated heterocycles. The summed E-state index contributed by atoms with van der Waals surface area (Å²) in [5.41, 5.74) is 0.0247. The van der Waals surface area contributed by atoms with Gasteiger partial charge in [-0.3, -0.25) is 4.79 Å². The first-order valence-corrected chi connectivity index (χ1v) is 8.32. The topological polar surface area (TPSA) is 61.2 Å². The average Bonchev–Trinajstić information content (AvgIpc) is 3.13. The molecule has 0 bridgehead atoms. The molecule has 0 spiro atoms. The van der Waals surface area contributed by atoms with Gasteiger partial charge in [-0.05, 0) is 38.1 Å². The third-order valence-electron chi connectivity index (χ3n) is 3.57. The number of rotatable bonds is 4. The molecule has 26 heavy (non-hydrogen) atoms. The van der Waals surface area contributed by atoms with Crippen molar-refractivity contribution < 1.29 is 27.5 Å². The molecule has 0 atom stereocenters. The van der Waals surface area contributed by atoms with Crippen LogP contribution in [0.3, 0.4) is 0 Å². The van der Waals surface area contributed by atoms with Crippen LogP contribution in [0.25, 0.3) is 15.9 Å². The molecule has 0 aliphatic heterocycles. The summed E-state index contributed by atoms with van der Waals surface area (Å²) in [5.74, 6) is -0.942. The Labute approximate surface area is 150 Å². The van der Waals surface area contributed by atoms with Crippen LogP contribution in [0.1, 0.15) is 27.9 Å². The summed E-state index contributed by atoms with van der Waals surface area (Å²) >= 11 is 1.05. The zero-order valence-electron chi connectivity index (χ0n) is 13.8. The Morgan fingerprint density at radius 2 is 2.00 bits per heavy atom. The van der Waals surface area contributed by atoms with Crippen molar-refractivity contribution in [3.8, 4) is 5.69 Å². The van der Waals surface area contributed by atoms with Crippen LogP contribution in [0.2, 0.25) is 0 Å². The Bertz CT molecular complexity index is 1000. The van der Waals surface area contributed by atoms with Gasteiger partial charge in [-0.2, -0.15) is 18.3 Å². The monoisotopic (exact) mass is 382 g/mol. The maximum atomic E-state index is 12.9. The van der Waals surface area contributed by atoms with Crippen molar-refractivity contribution in [3.63, 3.8) is 0 Å². The summed E-state index contributed by atoms with van der Waals surface area (Å²) < 4.78 is 45.1. The number of thiophene rings is 1. The standard InChI is InChI=1S/C17H13F3N2O3S/c1-9(23)8-25-16(24)14-7-13-10(2)21-22(15(13)26-14)12-5-3-4-11(6-12)17(18,19)20/h3-7H,8H2,1-2H3. The molecule has 0 radical (unpaired) electrons. The molecule has 3 rings (SSSR count). The minimum atomic E-state index is -4.46. The summed E-state index contributed by atoms with van der Waals surface area (Å²) in [6.07, 6.45) is -4.46. The van der Waals surface area contributed by atoms with Gasteiger partial charge in [0.25, 0.3) is 0 Å². The van der Waals surface area contributed by atoms with E-state index >= 15 is 0 Å². The molecule has 9 heteroatoms. The molecule has 2 aromatic heterocycles. The van der Waals surface area contributed by atoms with Gasteiger partial charge in [-0.25, -0.2) is 9.48 Å². The molecule has 0 fully saturated rings. The fourth-order valence-corrected chi connectivity index (χ4v) is 3.45. The van der Waals surface area contributed by atoms with Gasteiger partial charge in [0.1, 0.15) is 16.3 Å². The van der Waals surface area contributed by atoms with Crippen molar-refractivity contribution in [2.45, 2.75) is 20.0 Å². The lowest BCUT2D eigenvalue weighted by Gasteiger charge is -2.09. The molecule has 1 aromatic carbocycles. The van der Waals surface area contributed by atoms with Gasteiger partial charge < -0.3 is 4.74 Å². The van der Waals surface area contributed by atoms with E-state index in [1.165, 1.54) is 23.7 Å². The highest BCUT2D eigenvalue weighted by Gasteiger charge is 2.31. The maximum absolute atomic E-state index is 12.9. The number of alkyl halides is 3. The number of hydrogen-bond acceptors (Lipinski definition) is 5. The van der Waals surface area contributed by atoms with Crippen LogP contribution in [0, 0.1) is 6.92 Å². The van der Waals surface area contributed by atoms with Crippen LogP contribution in [0.4, 0.5) is 13.2 Å². The number of nitrogens with zero attached hydrogens (tertiary/aromatic N) is 2. The molecule has 0 saturated carbocycles. The lowest BCUT2D eigenvalue weighted by molar-refractivity contribution is -0.137. The van der Waals surface area contributed by atoms with E-state index < -0.39 is 17.7 Å². The predicted octanol–water partition coefficient (Wildman–Crippen LogP) is 4.16. The summed E-state index contributed by atoms with van der Waals surface area (Å²) in [6, 6.07) is 6.36. The van der Waals surface area contributed by atoms with E-state index in [9.17, 15) is 22.8 Å². The first kappa shape index (κ1) is 18.1. The van der Waals surface area contributed by atoms with Gasteiger partial charge in [0.2, 0.25) is 0 Å². The van der Waals surface area contributed by atoms with E-state index in [4.69, 9.17) is 4.74 Å². The van der Waals surface area contributed by atoms with E-state index in [2.05, 4.69) is 5.10 Å². The van der Waals surface area contributed by atoms with Gasteiger partial charge in [-0.1, -0.05) is 6.07 Å². The Hall–Kier alpha value is -2.68. The number of Topliss-reactive ketones (excluding diaryl/α,β-unsaturated/α-hetero) is 1. The van der Waals surface area contributed by atoms with Gasteiger partial charge >= 0.3 is 12.1 Å². The highest BCUT2D eigenvalue weighted by molar-refractivity contribution is 7.20. The molecule has 0 N–H and O–H groups in total. The van der Waals surface area contributed by atoms with E-state index in [1.54, 1.807) is 13.0 Å². The van der Waals surface area contributed by atoms with Gasteiger partial charge in [-0.15, -0.1) is 11.3 Å². The number of esters is 1. The van der Waals surface area contributed by atoms with E-state index in [0.717, 1.165) is 23.5 Å². The van der Waals surface area contributed by atoms with Crippen molar-refractivity contribution in [2.24, 2.45) is 0 Å². The zero-order valence-corrected chi connectivity index (χ0v) is 14.6. The van der Waals surface area contributed by atoms with Gasteiger partial charge in [0.05, 0.1) is 16.9 Å². The number of aryl methyl sites for hydroxylation is 1. The van der Waals surface area contributed by atoms with Crippen LogP contribution in [0.15, 0.2) is 30.3 Å². The first-order chi connectivity index (χ1) is 12.2. The third-order valence-corrected chi connectivity index (χ3v) is 4.66. The largest absolute Gasteiger partial charge is 0.454 e. The summed E-state index contributed by atoms with van der Waals surface area (Å²) in [7, 11) is 0. The number of halogens is 3. The highest BCUT2D eigenvalue weighted by atomic mass is 32.1. The number of carbonyl (C=O) groups is 2. The second-order valence-electron chi connectivity index (χ2n) is 5.65. The quantitative estimate of drug-likeness (QED) is 0.636. The SMILES string of the molecule is CC(=O)COC(=O)c1cc2c(C)nn(-c3cccc(C(F)(F)F)c3)c2s1. The molecule has 136 valence electrons. The second-order valence-corrected chi connectivity index (χ2v) is 6.68. The number of fused-ring (bicyclic) bond motifs is 1. The molecule has 3 aromatic rings. The van der Waals surface area contributed by atoms with Crippen LogP contribution < -0.4 is 0 Å². The lowest BCUT2D eigenvalue weighted by Crippen LogP contribution is -2.10. The van der Waals surface area contributed by atoms with Crippen LogP contribution in [0.5, 0.6) is 0 Å². The Kier molecular flexibility index (Phi) is 4.57. The molecule has 2 heterocycles. The normalized spacial score (nSPS) is 11.7. The third kappa shape index (κ3) is 3.48. The fourth-order valence-electron chi connectivity index (χ4n) is 2.38. The fraction of sp³-hybridized carbons (Fsp3) is 0.235. The number of hydrogen-bond donors (Lipinski definition) is 0. The van der Waals surface area contributed by atoms with Gasteiger partial charge in [0, 0.05) is 5.39 Å². The average molecular weight is 382 g/mol. The molecule has 5 nitrogen and oxygen atoms in total. The molecule has 0 aliphatic carbocycles. The van der Waals surface area contributed by atoms with E-state index in [1.807, 2.05) is 0 Å². The van der Waals surface area contributed by atoms with Crippen molar-refractivity contribution in [2.75, 3.05) is 6.61 Å². The van der Waals surface area contributed by atoms with Crippen LogP contribution in [-0.2, 0) is 15.7 Å². The van der Waals surface area contributed by atoms with E-state index in [-0.39, 0.29) is 23.0 Å². The van der Waals surface area contributed by atoms with Crippen molar-refractivity contribution >= 4 is 33.3 Å². The molecular weight excluding hydrogens is 369 g/mol. The summed E-state index contributed by atoms with van der Waals surface area (Å²) in [4.78, 5) is 23.7. The Balaban J connectivity index is 2.03. The maximum Gasteiger partial charge on any atom is 0.416 e. The first-order valence-electron chi connectivity index (χ1n) is 7.50.